The molecule has 20 heavy (non-hydrogen) atoms. The number of primary amides is 1. The molecule has 0 bridgehead atoms. The highest BCUT2D eigenvalue weighted by Gasteiger charge is 2.40. The van der Waals surface area contributed by atoms with Crippen molar-refractivity contribution in [2.24, 2.45) is 16.9 Å². The van der Waals surface area contributed by atoms with Crippen LogP contribution < -0.4 is 11.5 Å². The van der Waals surface area contributed by atoms with Crippen molar-refractivity contribution in [3.05, 3.63) is 35.4 Å². The molecule has 0 aromatic heterocycles. The molecule has 2 rings (SSSR count). The zero-order valence-electron chi connectivity index (χ0n) is 11.8. The molecule has 1 fully saturated rings. The summed E-state index contributed by atoms with van der Waals surface area (Å²) in [7, 11) is 0. The van der Waals surface area contributed by atoms with Crippen molar-refractivity contribution in [2.75, 3.05) is 19.6 Å². The summed E-state index contributed by atoms with van der Waals surface area (Å²) in [5.74, 6) is -0.389. The lowest BCUT2D eigenvalue weighted by Crippen LogP contribution is -2.38. The highest BCUT2D eigenvalue weighted by Crippen LogP contribution is 2.30. The van der Waals surface area contributed by atoms with Gasteiger partial charge in [-0.25, -0.2) is 0 Å². The van der Waals surface area contributed by atoms with Crippen LogP contribution in [-0.4, -0.2) is 36.3 Å². The quantitative estimate of drug-likeness (QED) is 0.839. The molecule has 5 nitrogen and oxygen atoms in total. The van der Waals surface area contributed by atoms with E-state index in [4.69, 9.17) is 11.5 Å². The molecule has 1 aliphatic rings. The van der Waals surface area contributed by atoms with E-state index in [-0.39, 0.29) is 11.8 Å². The van der Waals surface area contributed by atoms with Crippen LogP contribution in [0, 0.1) is 5.41 Å². The Hall–Kier alpha value is -1.88. The van der Waals surface area contributed by atoms with Crippen molar-refractivity contribution in [2.45, 2.75) is 19.8 Å². The van der Waals surface area contributed by atoms with Crippen LogP contribution >= 0.6 is 0 Å². The maximum atomic E-state index is 12.4. The van der Waals surface area contributed by atoms with Gasteiger partial charge in [-0.05, 0) is 44.0 Å². The molecule has 1 unspecified atom stereocenters. The average Bonchev–Trinajstić information content (AvgIpc) is 2.83. The van der Waals surface area contributed by atoms with E-state index < -0.39 is 5.41 Å². The number of hydrogen-bond acceptors (Lipinski definition) is 3. The predicted molar refractivity (Wildman–Crippen MR) is 77.0 cm³/mol. The number of likely N-dealkylation sites (tertiary alicyclic amines) is 1. The molecule has 0 spiro atoms. The smallest absolute Gasteiger partial charge is 0.253 e. The molecular weight excluding hydrogens is 254 g/mol. The van der Waals surface area contributed by atoms with Crippen LogP contribution in [0.1, 0.15) is 29.3 Å². The maximum absolute atomic E-state index is 12.4. The molecule has 1 atom stereocenters. The number of nitrogens with zero attached hydrogens (tertiary/aromatic N) is 1. The van der Waals surface area contributed by atoms with Gasteiger partial charge in [0.2, 0.25) is 5.91 Å². The van der Waals surface area contributed by atoms with Gasteiger partial charge in [0.1, 0.15) is 0 Å². The molecule has 2 amide bonds. The second-order valence-corrected chi connectivity index (χ2v) is 5.64. The molecule has 5 heteroatoms. The molecule has 0 aliphatic carbocycles. The SMILES string of the molecule is CC1(C(N)=O)CCN(C(=O)c2ccc(CCN)cc2)C1. The first-order valence-corrected chi connectivity index (χ1v) is 6.84. The van der Waals surface area contributed by atoms with Gasteiger partial charge in [-0.15, -0.1) is 0 Å². The summed E-state index contributed by atoms with van der Waals surface area (Å²) in [5, 5.41) is 0. The van der Waals surface area contributed by atoms with Gasteiger partial charge in [-0.1, -0.05) is 12.1 Å². The largest absolute Gasteiger partial charge is 0.369 e. The Morgan fingerprint density at radius 1 is 1.30 bits per heavy atom. The van der Waals surface area contributed by atoms with E-state index >= 15 is 0 Å². The summed E-state index contributed by atoms with van der Waals surface area (Å²) in [6.07, 6.45) is 1.43. The molecule has 1 aromatic carbocycles. The molecule has 1 heterocycles. The number of hydrogen-bond donors (Lipinski definition) is 2. The topological polar surface area (TPSA) is 89.4 Å². The number of benzene rings is 1. The molecule has 1 saturated heterocycles. The third kappa shape index (κ3) is 2.82. The van der Waals surface area contributed by atoms with E-state index in [1.807, 2.05) is 31.2 Å². The van der Waals surface area contributed by atoms with E-state index in [2.05, 4.69) is 0 Å². The van der Waals surface area contributed by atoms with Gasteiger partial charge >= 0.3 is 0 Å². The predicted octanol–water partition coefficient (Wildman–Crippen LogP) is 0.525. The lowest BCUT2D eigenvalue weighted by Gasteiger charge is -2.21. The fourth-order valence-corrected chi connectivity index (χ4v) is 2.50. The number of nitrogens with two attached hydrogens (primary N) is 2. The summed E-state index contributed by atoms with van der Waals surface area (Å²) in [5.41, 5.74) is 12.0. The molecule has 0 radical (unpaired) electrons. The fourth-order valence-electron chi connectivity index (χ4n) is 2.50. The van der Waals surface area contributed by atoms with E-state index in [0.717, 1.165) is 12.0 Å². The standard InChI is InChI=1S/C15H21N3O2/c1-15(14(17)20)7-9-18(10-15)13(19)12-4-2-11(3-5-12)6-8-16/h2-5H,6-10,16H2,1H3,(H2,17,20). The molecule has 4 N–H and O–H groups in total. The highest BCUT2D eigenvalue weighted by atomic mass is 16.2. The van der Waals surface area contributed by atoms with Crippen molar-refractivity contribution in [3.63, 3.8) is 0 Å². The number of amides is 2. The molecule has 108 valence electrons. The van der Waals surface area contributed by atoms with E-state index in [9.17, 15) is 9.59 Å². The van der Waals surface area contributed by atoms with E-state index in [1.165, 1.54) is 0 Å². The van der Waals surface area contributed by atoms with Crippen LogP contribution in [0.3, 0.4) is 0 Å². The van der Waals surface area contributed by atoms with Crippen molar-refractivity contribution in [1.82, 2.24) is 4.90 Å². The van der Waals surface area contributed by atoms with Gasteiger partial charge in [-0.2, -0.15) is 0 Å². The summed E-state index contributed by atoms with van der Waals surface area (Å²) in [4.78, 5) is 25.5. The maximum Gasteiger partial charge on any atom is 0.253 e. The van der Waals surface area contributed by atoms with E-state index in [0.29, 0.717) is 31.6 Å². The second-order valence-electron chi connectivity index (χ2n) is 5.64. The average molecular weight is 275 g/mol. The van der Waals surface area contributed by atoms with E-state index in [1.54, 1.807) is 4.90 Å². The zero-order valence-corrected chi connectivity index (χ0v) is 11.8. The highest BCUT2D eigenvalue weighted by molar-refractivity contribution is 5.95. The monoisotopic (exact) mass is 275 g/mol. The molecule has 1 aromatic rings. The van der Waals surface area contributed by atoms with Gasteiger partial charge in [0.05, 0.1) is 5.41 Å². The Morgan fingerprint density at radius 2 is 1.95 bits per heavy atom. The first kappa shape index (κ1) is 14.5. The normalized spacial score (nSPS) is 22.0. The first-order chi connectivity index (χ1) is 9.46. The third-order valence-electron chi connectivity index (χ3n) is 3.99. The summed E-state index contributed by atoms with van der Waals surface area (Å²) >= 11 is 0. The Morgan fingerprint density at radius 3 is 2.45 bits per heavy atom. The zero-order chi connectivity index (χ0) is 14.8. The van der Waals surface area contributed by atoms with Crippen LogP contribution in [0.25, 0.3) is 0 Å². The Balaban J connectivity index is 2.07. The Kier molecular flexibility index (Phi) is 4.09. The van der Waals surface area contributed by atoms with Crippen molar-refractivity contribution < 1.29 is 9.59 Å². The van der Waals surface area contributed by atoms with Crippen LogP contribution in [0.4, 0.5) is 0 Å². The van der Waals surface area contributed by atoms with Crippen molar-refractivity contribution in [3.8, 4) is 0 Å². The minimum absolute atomic E-state index is 0.0470. The van der Waals surface area contributed by atoms with Gasteiger partial charge in [-0.3, -0.25) is 9.59 Å². The minimum atomic E-state index is -0.602. The number of carbonyl (C=O) groups excluding carboxylic acids is 2. The lowest BCUT2D eigenvalue weighted by molar-refractivity contribution is -0.126. The fraction of sp³-hybridized carbons (Fsp3) is 0.467. The van der Waals surface area contributed by atoms with Crippen molar-refractivity contribution >= 4 is 11.8 Å². The number of carbonyl (C=O) groups is 2. The molecule has 1 aliphatic heterocycles. The summed E-state index contributed by atoms with van der Waals surface area (Å²) in [6.45, 7) is 3.37. The Bertz CT molecular complexity index is 512. The molecular formula is C15H21N3O2. The second kappa shape index (κ2) is 5.63. The summed E-state index contributed by atoms with van der Waals surface area (Å²) in [6, 6.07) is 7.47. The molecule has 0 saturated carbocycles. The van der Waals surface area contributed by atoms with Crippen LogP contribution in [0.2, 0.25) is 0 Å². The van der Waals surface area contributed by atoms with Crippen molar-refractivity contribution in [1.29, 1.82) is 0 Å². The van der Waals surface area contributed by atoms with Crippen LogP contribution in [0.5, 0.6) is 0 Å². The minimum Gasteiger partial charge on any atom is -0.369 e. The Labute approximate surface area is 118 Å². The first-order valence-electron chi connectivity index (χ1n) is 6.84. The summed E-state index contributed by atoms with van der Waals surface area (Å²) < 4.78 is 0. The van der Waals surface area contributed by atoms with Gasteiger partial charge in [0.15, 0.2) is 0 Å². The van der Waals surface area contributed by atoms with Gasteiger partial charge in [0, 0.05) is 18.7 Å². The van der Waals surface area contributed by atoms with Gasteiger partial charge in [0.25, 0.3) is 5.91 Å². The number of rotatable bonds is 4. The lowest BCUT2D eigenvalue weighted by atomic mass is 9.89. The van der Waals surface area contributed by atoms with Crippen LogP contribution in [0.15, 0.2) is 24.3 Å². The van der Waals surface area contributed by atoms with Gasteiger partial charge < -0.3 is 16.4 Å². The van der Waals surface area contributed by atoms with Crippen LogP contribution in [-0.2, 0) is 11.2 Å². The third-order valence-corrected chi connectivity index (χ3v) is 3.99.